The lowest BCUT2D eigenvalue weighted by Gasteiger charge is -1.98. The van der Waals surface area contributed by atoms with E-state index in [1.54, 1.807) is 11.8 Å². The van der Waals surface area contributed by atoms with Crippen molar-refractivity contribution in [3.05, 3.63) is 5.82 Å². The summed E-state index contributed by atoms with van der Waals surface area (Å²) in [6.07, 6.45) is 4.61. The lowest BCUT2D eigenvalue weighted by molar-refractivity contribution is 0.738. The third-order valence-electron chi connectivity index (χ3n) is 1.99. The van der Waals surface area contributed by atoms with Gasteiger partial charge in [0.1, 0.15) is 5.82 Å². The fourth-order valence-electron chi connectivity index (χ4n) is 1.20. The number of aromatic nitrogens is 3. The molecule has 2 rings (SSSR count). The lowest BCUT2D eigenvalue weighted by Crippen LogP contribution is -1.96. The van der Waals surface area contributed by atoms with Crippen LogP contribution in [0.2, 0.25) is 0 Å². The third kappa shape index (κ3) is 1.15. The summed E-state index contributed by atoms with van der Waals surface area (Å²) in [5.74, 6) is 1.86. The van der Waals surface area contributed by atoms with E-state index in [-0.39, 0.29) is 0 Å². The summed E-state index contributed by atoms with van der Waals surface area (Å²) in [6.45, 7) is 0. The van der Waals surface area contributed by atoms with Gasteiger partial charge in [0, 0.05) is 13.0 Å². The van der Waals surface area contributed by atoms with Crippen molar-refractivity contribution in [2.45, 2.75) is 23.9 Å². The Hall–Kier alpha value is -0.510. The molecule has 0 saturated heterocycles. The lowest BCUT2D eigenvalue weighted by atomic mass is 10.4. The minimum absolute atomic E-state index is 0.702. The Morgan fingerprint density at radius 1 is 1.45 bits per heavy atom. The molecule has 60 valence electrons. The SMILES string of the molecule is CSc1nnc(C2CC2)n1C. The quantitative estimate of drug-likeness (QED) is 0.627. The first-order chi connectivity index (χ1) is 5.33. The Kier molecular flexibility index (Phi) is 1.64. The van der Waals surface area contributed by atoms with Gasteiger partial charge in [0.15, 0.2) is 5.16 Å². The van der Waals surface area contributed by atoms with Crippen molar-refractivity contribution in [1.29, 1.82) is 0 Å². The Labute approximate surface area is 70.2 Å². The highest BCUT2D eigenvalue weighted by molar-refractivity contribution is 7.98. The number of nitrogens with zero attached hydrogens (tertiary/aromatic N) is 3. The van der Waals surface area contributed by atoms with E-state index in [4.69, 9.17) is 0 Å². The number of hydrogen-bond donors (Lipinski definition) is 0. The van der Waals surface area contributed by atoms with Gasteiger partial charge in [-0.25, -0.2) is 0 Å². The van der Waals surface area contributed by atoms with Crippen LogP contribution in [0.1, 0.15) is 24.6 Å². The Bertz CT molecular complexity index is 265. The molecule has 0 amide bonds. The van der Waals surface area contributed by atoms with Crippen LogP contribution in [-0.2, 0) is 7.05 Å². The second-order valence-corrected chi connectivity index (χ2v) is 3.65. The first kappa shape index (κ1) is 7.16. The van der Waals surface area contributed by atoms with E-state index >= 15 is 0 Å². The van der Waals surface area contributed by atoms with Crippen LogP contribution < -0.4 is 0 Å². The van der Waals surface area contributed by atoms with E-state index in [1.807, 2.05) is 13.3 Å². The van der Waals surface area contributed by atoms with Crippen molar-refractivity contribution in [3.63, 3.8) is 0 Å². The minimum Gasteiger partial charge on any atom is -0.309 e. The molecule has 0 unspecified atom stereocenters. The van der Waals surface area contributed by atoms with E-state index in [0.29, 0.717) is 5.92 Å². The molecule has 3 nitrogen and oxygen atoms in total. The predicted octanol–water partition coefficient (Wildman–Crippen LogP) is 1.41. The van der Waals surface area contributed by atoms with Gasteiger partial charge in [-0.05, 0) is 19.1 Å². The largest absolute Gasteiger partial charge is 0.309 e. The van der Waals surface area contributed by atoms with Gasteiger partial charge in [-0.2, -0.15) is 0 Å². The van der Waals surface area contributed by atoms with Crippen molar-refractivity contribution in [1.82, 2.24) is 14.8 Å². The van der Waals surface area contributed by atoms with E-state index in [9.17, 15) is 0 Å². The van der Waals surface area contributed by atoms with Crippen molar-refractivity contribution in [3.8, 4) is 0 Å². The molecule has 0 bridgehead atoms. The van der Waals surface area contributed by atoms with Crippen molar-refractivity contribution in [2.24, 2.45) is 7.05 Å². The summed E-state index contributed by atoms with van der Waals surface area (Å²) >= 11 is 1.65. The highest BCUT2D eigenvalue weighted by Crippen LogP contribution is 2.39. The zero-order valence-electron chi connectivity index (χ0n) is 6.74. The number of hydrogen-bond acceptors (Lipinski definition) is 3. The van der Waals surface area contributed by atoms with Crippen molar-refractivity contribution in [2.75, 3.05) is 6.26 Å². The molecule has 0 atom stereocenters. The van der Waals surface area contributed by atoms with Crippen molar-refractivity contribution >= 4 is 11.8 Å². The normalized spacial score (nSPS) is 17.3. The maximum absolute atomic E-state index is 4.14. The third-order valence-corrected chi connectivity index (χ3v) is 2.71. The van der Waals surface area contributed by atoms with Gasteiger partial charge in [-0.15, -0.1) is 10.2 Å². The van der Waals surface area contributed by atoms with Gasteiger partial charge in [-0.3, -0.25) is 0 Å². The topological polar surface area (TPSA) is 30.7 Å². The molecule has 1 aromatic rings. The average Bonchev–Trinajstić information content (AvgIpc) is 2.77. The molecule has 1 fully saturated rings. The summed E-state index contributed by atoms with van der Waals surface area (Å²) in [7, 11) is 2.04. The van der Waals surface area contributed by atoms with Crippen molar-refractivity contribution < 1.29 is 0 Å². The highest BCUT2D eigenvalue weighted by Gasteiger charge is 2.28. The Balaban J connectivity index is 2.33. The van der Waals surface area contributed by atoms with Crippen LogP contribution in [0.4, 0.5) is 0 Å². The second-order valence-electron chi connectivity index (χ2n) is 2.88. The van der Waals surface area contributed by atoms with Gasteiger partial charge in [-0.1, -0.05) is 11.8 Å². The zero-order valence-corrected chi connectivity index (χ0v) is 7.56. The van der Waals surface area contributed by atoms with Gasteiger partial charge >= 0.3 is 0 Å². The van der Waals surface area contributed by atoms with E-state index in [1.165, 1.54) is 12.8 Å². The molecule has 0 spiro atoms. The molecular weight excluding hydrogens is 158 g/mol. The van der Waals surface area contributed by atoms with Gasteiger partial charge in [0.25, 0.3) is 0 Å². The molecule has 0 N–H and O–H groups in total. The molecule has 0 aliphatic heterocycles. The number of thioether (sulfide) groups is 1. The summed E-state index contributed by atoms with van der Waals surface area (Å²) in [6, 6.07) is 0. The monoisotopic (exact) mass is 169 g/mol. The van der Waals surface area contributed by atoms with Crippen LogP contribution in [0, 0.1) is 0 Å². The zero-order chi connectivity index (χ0) is 7.84. The fourth-order valence-corrected chi connectivity index (χ4v) is 1.69. The molecule has 1 saturated carbocycles. The highest BCUT2D eigenvalue weighted by atomic mass is 32.2. The van der Waals surface area contributed by atoms with E-state index in [0.717, 1.165) is 11.0 Å². The molecule has 1 aliphatic rings. The standard InChI is InChI=1S/C7H11N3S/c1-10-6(5-3-4-5)8-9-7(10)11-2/h5H,3-4H2,1-2H3. The van der Waals surface area contributed by atoms with E-state index < -0.39 is 0 Å². The van der Waals surface area contributed by atoms with E-state index in [2.05, 4.69) is 14.8 Å². The average molecular weight is 169 g/mol. The second kappa shape index (κ2) is 2.52. The Morgan fingerprint density at radius 3 is 2.64 bits per heavy atom. The van der Waals surface area contributed by atoms with Crippen LogP contribution in [-0.4, -0.2) is 21.0 Å². The molecule has 1 heterocycles. The number of rotatable bonds is 2. The van der Waals surface area contributed by atoms with Gasteiger partial charge in [0.05, 0.1) is 0 Å². The predicted molar refractivity (Wildman–Crippen MR) is 44.8 cm³/mol. The summed E-state index contributed by atoms with van der Waals surface area (Å²) in [5.41, 5.74) is 0. The summed E-state index contributed by atoms with van der Waals surface area (Å²) in [5, 5.41) is 9.23. The van der Waals surface area contributed by atoms with Crippen LogP contribution in [0.15, 0.2) is 5.16 Å². The summed E-state index contributed by atoms with van der Waals surface area (Å²) < 4.78 is 2.10. The molecule has 0 aromatic carbocycles. The first-order valence-electron chi connectivity index (χ1n) is 3.76. The van der Waals surface area contributed by atoms with Gasteiger partial charge < -0.3 is 4.57 Å². The van der Waals surface area contributed by atoms with Gasteiger partial charge in [0.2, 0.25) is 0 Å². The smallest absolute Gasteiger partial charge is 0.190 e. The maximum atomic E-state index is 4.14. The van der Waals surface area contributed by atoms with Crippen LogP contribution in [0.5, 0.6) is 0 Å². The first-order valence-corrected chi connectivity index (χ1v) is 4.98. The fraction of sp³-hybridized carbons (Fsp3) is 0.714. The van der Waals surface area contributed by atoms with Crippen LogP contribution in [0.25, 0.3) is 0 Å². The van der Waals surface area contributed by atoms with Crippen LogP contribution in [0.3, 0.4) is 0 Å². The Morgan fingerprint density at radius 2 is 2.18 bits per heavy atom. The van der Waals surface area contributed by atoms with Crippen LogP contribution >= 0.6 is 11.8 Å². The maximum Gasteiger partial charge on any atom is 0.190 e. The minimum atomic E-state index is 0.702. The molecule has 1 aliphatic carbocycles. The summed E-state index contributed by atoms with van der Waals surface area (Å²) in [4.78, 5) is 0. The molecule has 11 heavy (non-hydrogen) atoms. The molecule has 0 radical (unpaired) electrons. The molecular formula is C7H11N3S. The molecule has 1 aromatic heterocycles. The molecule has 4 heteroatoms.